The summed E-state index contributed by atoms with van der Waals surface area (Å²) in [6.45, 7) is 6.74. The number of ether oxygens (including phenoxy) is 2. The molecule has 0 amide bonds. The fraction of sp³-hybridized carbons (Fsp3) is 0.952. The molecule has 0 bridgehead atoms. The van der Waals surface area contributed by atoms with Gasteiger partial charge in [0.1, 0.15) is 19.8 Å². The third-order valence-electron chi connectivity index (χ3n) is 9.41. The number of carbonyl (C=O) groups excluding carboxylic acids is 2. The number of nitrogens with zero attached hydrogens (tertiary/aromatic N) is 1. The molecule has 310 valence electrons. The predicted molar refractivity (Wildman–Crippen MR) is 215 cm³/mol. The molecule has 0 unspecified atom stereocenters. The SMILES string of the molecule is CCCCCCCCCCCCCCCC(=O)OC[C@H](CO[P@](=O)(OCC)OCC[N+](C)(C)C)OC(=O)CCCCCCCCCCCCCCC. The van der Waals surface area contributed by atoms with Gasteiger partial charge in [0.05, 0.1) is 34.4 Å². The minimum Gasteiger partial charge on any atom is -0.462 e. The standard InChI is InChI=1S/C42H85NO8P/c1-7-10-12-14-16-18-20-22-24-26-28-30-32-34-41(44)47-38-40(39-50-52(46,48-9-3)49-37-36-43(4,5)6)51-42(45)35-33-31-29-27-25-23-21-19-17-15-13-11-8-2/h40H,7-39H2,1-6H3/q+1/t40-,52-/m1/s1. The molecule has 0 saturated carbocycles. The maximum Gasteiger partial charge on any atom is 0.475 e. The van der Waals surface area contributed by atoms with E-state index in [1.807, 2.05) is 21.1 Å². The number of likely N-dealkylation sites (N-methyl/N-ethyl adjacent to an activating group) is 1. The van der Waals surface area contributed by atoms with Gasteiger partial charge in [0.25, 0.3) is 0 Å². The van der Waals surface area contributed by atoms with Gasteiger partial charge in [-0.15, -0.1) is 0 Å². The van der Waals surface area contributed by atoms with Gasteiger partial charge in [-0.05, 0) is 19.8 Å². The van der Waals surface area contributed by atoms with E-state index >= 15 is 0 Å². The lowest BCUT2D eigenvalue weighted by Gasteiger charge is -2.25. The Labute approximate surface area is 321 Å². The molecule has 0 aromatic rings. The van der Waals surface area contributed by atoms with E-state index in [1.165, 1.54) is 128 Å². The second-order valence-corrected chi connectivity index (χ2v) is 17.5. The lowest BCUT2D eigenvalue weighted by atomic mass is 10.0. The molecule has 0 aliphatic heterocycles. The molecule has 0 aliphatic carbocycles. The van der Waals surface area contributed by atoms with Crippen molar-refractivity contribution >= 4 is 19.8 Å². The van der Waals surface area contributed by atoms with Crippen molar-refractivity contribution in [1.82, 2.24) is 0 Å². The van der Waals surface area contributed by atoms with Crippen molar-refractivity contribution in [2.75, 3.05) is 54.1 Å². The van der Waals surface area contributed by atoms with Crippen LogP contribution < -0.4 is 0 Å². The molecule has 0 N–H and O–H groups in total. The van der Waals surface area contributed by atoms with Gasteiger partial charge >= 0.3 is 19.8 Å². The van der Waals surface area contributed by atoms with E-state index < -0.39 is 13.9 Å². The Morgan fingerprint density at radius 1 is 0.500 bits per heavy atom. The van der Waals surface area contributed by atoms with Crippen LogP contribution in [0.3, 0.4) is 0 Å². The Morgan fingerprint density at radius 2 is 0.885 bits per heavy atom. The highest BCUT2D eigenvalue weighted by Gasteiger charge is 2.30. The Balaban J connectivity index is 4.56. The van der Waals surface area contributed by atoms with Gasteiger partial charge in [0, 0.05) is 12.8 Å². The molecule has 0 aliphatic rings. The Hall–Kier alpha value is -0.990. The molecule has 0 aromatic carbocycles. The Morgan fingerprint density at radius 3 is 1.27 bits per heavy atom. The van der Waals surface area contributed by atoms with Crippen LogP contribution in [0.25, 0.3) is 0 Å². The first-order chi connectivity index (χ1) is 25.0. The summed E-state index contributed by atoms with van der Waals surface area (Å²) in [5.74, 6) is -0.700. The van der Waals surface area contributed by atoms with E-state index in [1.54, 1.807) is 6.92 Å². The lowest BCUT2D eigenvalue weighted by molar-refractivity contribution is -0.870. The van der Waals surface area contributed by atoms with Gasteiger partial charge in [0.2, 0.25) is 0 Å². The molecule has 2 atom stereocenters. The predicted octanol–water partition coefficient (Wildman–Crippen LogP) is 12.3. The first-order valence-corrected chi connectivity index (χ1v) is 23.2. The van der Waals surface area contributed by atoms with Gasteiger partial charge in [-0.1, -0.05) is 168 Å². The normalized spacial score (nSPS) is 13.6. The van der Waals surface area contributed by atoms with Gasteiger partial charge in [0.15, 0.2) is 6.10 Å². The molecule has 0 rings (SSSR count). The molecule has 0 aromatic heterocycles. The molecule has 0 radical (unpaired) electrons. The quantitative estimate of drug-likeness (QED) is 0.0263. The van der Waals surface area contributed by atoms with Gasteiger partial charge < -0.3 is 14.0 Å². The molecule has 0 spiro atoms. The van der Waals surface area contributed by atoms with Crippen molar-refractivity contribution in [3.8, 4) is 0 Å². The zero-order valence-electron chi connectivity index (χ0n) is 35.1. The van der Waals surface area contributed by atoms with Crippen LogP contribution >= 0.6 is 7.82 Å². The molecule has 0 saturated heterocycles. The zero-order valence-corrected chi connectivity index (χ0v) is 36.0. The van der Waals surface area contributed by atoms with Crippen LogP contribution in [0.2, 0.25) is 0 Å². The van der Waals surface area contributed by atoms with Gasteiger partial charge in [-0.2, -0.15) is 0 Å². The summed E-state index contributed by atoms with van der Waals surface area (Å²) < 4.78 is 41.6. The molecular formula is C42H85NO8P+. The third-order valence-corrected chi connectivity index (χ3v) is 11.0. The summed E-state index contributed by atoms with van der Waals surface area (Å²) in [4.78, 5) is 25.4. The largest absolute Gasteiger partial charge is 0.475 e. The van der Waals surface area contributed by atoms with Crippen LogP contribution in [0.5, 0.6) is 0 Å². The molecule has 0 fully saturated rings. The van der Waals surface area contributed by atoms with Crippen molar-refractivity contribution < 1.29 is 41.7 Å². The van der Waals surface area contributed by atoms with E-state index in [9.17, 15) is 14.2 Å². The molecule has 52 heavy (non-hydrogen) atoms. The monoisotopic (exact) mass is 763 g/mol. The first kappa shape index (κ1) is 51.0. The number of hydrogen-bond donors (Lipinski definition) is 0. The Kier molecular flexibility index (Phi) is 35.0. The van der Waals surface area contributed by atoms with Gasteiger partial charge in [-0.25, -0.2) is 4.57 Å². The second-order valence-electron chi connectivity index (χ2n) is 15.8. The topological polar surface area (TPSA) is 97.4 Å². The maximum atomic E-state index is 13.3. The highest BCUT2D eigenvalue weighted by molar-refractivity contribution is 7.48. The van der Waals surface area contributed by atoms with E-state index in [-0.39, 0.29) is 44.8 Å². The summed E-state index contributed by atoms with van der Waals surface area (Å²) in [5.41, 5.74) is 0. The average Bonchev–Trinajstić information content (AvgIpc) is 3.09. The van der Waals surface area contributed by atoms with Crippen molar-refractivity contribution in [3.63, 3.8) is 0 Å². The zero-order chi connectivity index (χ0) is 38.6. The number of rotatable bonds is 40. The summed E-state index contributed by atoms with van der Waals surface area (Å²) >= 11 is 0. The van der Waals surface area contributed by atoms with Crippen molar-refractivity contribution in [3.05, 3.63) is 0 Å². The number of hydrogen-bond acceptors (Lipinski definition) is 8. The lowest BCUT2D eigenvalue weighted by Crippen LogP contribution is -2.37. The van der Waals surface area contributed by atoms with E-state index in [2.05, 4.69) is 13.8 Å². The van der Waals surface area contributed by atoms with Crippen molar-refractivity contribution in [2.45, 2.75) is 207 Å². The highest BCUT2D eigenvalue weighted by Crippen LogP contribution is 2.49. The Bertz CT molecular complexity index is 865. The molecule has 0 heterocycles. The van der Waals surface area contributed by atoms with Crippen LogP contribution in [0.1, 0.15) is 201 Å². The minimum absolute atomic E-state index is 0.138. The van der Waals surface area contributed by atoms with Crippen molar-refractivity contribution in [1.29, 1.82) is 0 Å². The number of unbranched alkanes of at least 4 members (excludes halogenated alkanes) is 24. The number of carbonyl (C=O) groups is 2. The van der Waals surface area contributed by atoms with Crippen molar-refractivity contribution in [2.24, 2.45) is 0 Å². The second kappa shape index (κ2) is 35.7. The molecule has 9 nitrogen and oxygen atoms in total. The average molecular weight is 763 g/mol. The fourth-order valence-electron chi connectivity index (χ4n) is 6.06. The summed E-state index contributed by atoms with van der Waals surface area (Å²) in [7, 11) is 2.14. The van der Waals surface area contributed by atoms with Gasteiger partial charge in [-0.3, -0.25) is 23.2 Å². The van der Waals surface area contributed by atoms with E-state index in [0.717, 1.165) is 38.5 Å². The number of esters is 2. The summed E-state index contributed by atoms with van der Waals surface area (Å²) in [6, 6.07) is 0. The molecule has 10 heteroatoms. The number of phosphoric ester groups is 1. The number of quaternary nitrogens is 1. The van der Waals surface area contributed by atoms with E-state index in [4.69, 9.17) is 23.0 Å². The smallest absolute Gasteiger partial charge is 0.462 e. The minimum atomic E-state index is -3.89. The fourth-order valence-corrected chi connectivity index (χ4v) is 7.26. The highest BCUT2D eigenvalue weighted by atomic mass is 31.2. The van der Waals surface area contributed by atoms with Crippen LogP contribution in [-0.4, -0.2) is 76.6 Å². The van der Waals surface area contributed by atoms with Crippen LogP contribution in [0, 0.1) is 0 Å². The summed E-state index contributed by atoms with van der Waals surface area (Å²) in [6.07, 6.45) is 31.8. The van der Waals surface area contributed by atoms with Crippen LogP contribution in [0.15, 0.2) is 0 Å². The first-order valence-electron chi connectivity index (χ1n) is 21.7. The van der Waals surface area contributed by atoms with Crippen LogP contribution in [0.4, 0.5) is 0 Å². The van der Waals surface area contributed by atoms with E-state index in [0.29, 0.717) is 17.4 Å². The summed E-state index contributed by atoms with van der Waals surface area (Å²) in [5, 5.41) is 0. The van der Waals surface area contributed by atoms with Crippen LogP contribution in [-0.2, 0) is 37.2 Å². The molecular weight excluding hydrogens is 677 g/mol. The third kappa shape index (κ3) is 36.0. The maximum absolute atomic E-state index is 13.3. The number of phosphoric acid groups is 1.